The zero-order valence-electron chi connectivity index (χ0n) is 16.9. The predicted octanol–water partition coefficient (Wildman–Crippen LogP) is 1.48. The van der Waals surface area contributed by atoms with E-state index in [4.69, 9.17) is 5.73 Å². The Morgan fingerprint density at radius 2 is 1.70 bits per heavy atom. The number of hydrogen-bond acceptors (Lipinski definition) is 5. The van der Waals surface area contributed by atoms with Gasteiger partial charge in [-0.05, 0) is 18.6 Å². The highest BCUT2D eigenvalue weighted by Crippen LogP contribution is 2.16. The maximum atomic E-state index is 12.8. The average Bonchev–Trinajstić information content (AvgIpc) is 2.69. The molecule has 0 bridgehead atoms. The molecule has 0 unspecified atom stereocenters. The van der Waals surface area contributed by atoms with Crippen LogP contribution in [0, 0.1) is 0 Å². The smallest absolute Gasteiger partial charge is 0.372 e. The van der Waals surface area contributed by atoms with Gasteiger partial charge in [0.05, 0.1) is 6.54 Å². The Hall–Kier alpha value is -2.17. The van der Waals surface area contributed by atoms with E-state index in [9.17, 15) is 22.8 Å². The molecular formula is C20H29F3N4O3. The molecule has 1 aromatic rings. The standard InChI is InChI=1S/C20H29F3N4O3/c21-20(22,23)16-30-14-4-8-25-10-12-26(13-11-25)15-19(29)27(9-7-18(24)28)17-5-2-1-3-6-17/h1-3,5-6H,4,7-16H2,(H2,24,28). The van der Waals surface area contributed by atoms with Crippen molar-refractivity contribution in [1.82, 2.24) is 9.80 Å². The molecule has 0 aromatic heterocycles. The second kappa shape index (κ2) is 11.9. The zero-order valence-corrected chi connectivity index (χ0v) is 16.9. The van der Waals surface area contributed by atoms with Crippen molar-refractivity contribution in [2.45, 2.75) is 19.0 Å². The van der Waals surface area contributed by atoms with E-state index >= 15 is 0 Å². The first-order valence-electron chi connectivity index (χ1n) is 9.97. The maximum absolute atomic E-state index is 12.8. The number of anilines is 1. The van der Waals surface area contributed by atoms with E-state index in [2.05, 4.69) is 9.64 Å². The summed E-state index contributed by atoms with van der Waals surface area (Å²) in [5.74, 6) is -0.562. The molecule has 0 saturated carbocycles. The lowest BCUT2D eigenvalue weighted by Gasteiger charge is -2.35. The van der Waals surface area contributed by atoms with Crippen LogP contribution in [0.25, 0.3) is 0 Å². The van der Waals surface area contributed by atoms with Crippen LogP contribution in [0.5, 0.6) is 0 Å². The van der Waals surface area contributed by atoms with E-state index in [-0.39, 0.29) is 32.0 Å². The highest BCUT2D eigenvalue weighted by atomic mass is 19.4. The minimum atomic E-state index is -4.29. The molecule has 168 valence electrons. The van der Waals surface area contributed by atoms with Crippen molar-refractivity contribution >= 4 is 17.5 Å². The number of amides is 2. The topological polar surface area (TPSA) is 79.1 Å². The second-order valence-corrected chi connectivity index (χ2v) is 7.24. The van der Waals surface area contributed by atoms with Gasteiger partial charge >= 0.3 is 6.18 Å². The number of nitrogens with two attached hydrogens (primary N) is 1. The molecule has 1 aliphatic heterocycles. The number of nitrogens with zero attached hydrogens (tertiary/aromatic N) is 3. The second-order valence-electron chi connectivity index (χ2n) is 7.24. The molecule has 2 N–H and O–H groups in total. The lowest BCUT2D eigenvalue weighted by atomic mass is 10.2. The third-order valence-corrected chi connectivity index (χ3v) is 4.80. The number of alkyl halides is 3. The number of ether oxygens (including phenoxy) is 1. The van der Waals surface area contributed by atoms with Crippen LogP contribution >= 0.6 is 0 Å². The van der Waals surface area contributed by atoms with Crippen LogP contribution in [0.3, 0.4) is 0 Å². The highest BCUT2D eigenvalue weighted by molar-refractivity contribution is 5.95. The fraction of sp³-hybridized carbons (Fsp3) is 0.600. The average molecular weight is 430 g/mol. The molecule has 2 rings (SSSR count). The highest BCUT2D eigenvalue weighted by Gasteiger charge is 2.27. The van der Waals surface area contributed by atoms with Crippen LogP contribution in [0.2, 0.25) is 0 Å². The minimum Gasteiger partial charge on any atom is -0.372 e. The third kappa shape index (κ3) is 9.10. The summed E-state index contributed by atoms with van der Waals surface area (Å²) in [6.07, 6.45) is -3.67. The number of piperazine rings is 1. The largest absolute Gasteiger partial charge is 0.411 e. The van der Waals surface area contributed by atoms with Crippen molar-refractivity contribution in [3.05, 3.63) is 30.3 Å². The molecule has 0 spiro atoms. The summed E-state index contributed by atoms with van der Waals surface area (Å²) >= 11 is 0. The molecule has 1 fully saturated rings. The molecule has 0 aliphatic carbocycles. The SMILES string of the molecule is NC(=O)CCN(C(=O)CN1CCN(CCCOCC(F)(F)F)CC1)c1ccccc1. The van der Waals surface area contributed by atoms with Crippen molar-refractivity contribution < 1.29 is 27.5 Å². The summed E-state index contributed by atoms with van der Waals surface area (Å²) in [5.41, 5.74) is 5.96. The first-order chi connectivity index (χ1) is 14.2. The number of halogens is 3. The number of rotatable bonds is 11. The number of hydrogen-bond donors (Lipinski definition) is 1. The van der Waals surface area contributed by atoms with E-state index in [0.29, 0.717) is 26.1 Å². The first kappa shape index (κ1) is 24.1. The Kier molecular flexibility index (Phi) is 9.54. The van der Waals surface area contributed by atoms with Gasteiger partial charge in [0.1, 0.15) is 6.61 Å². The Bertz CT molecular complexity index is 665. The number of carbonyl (C=O) groups is 2. The van der Waals surface area contributed by atoms with Crippen LogP contribution in [-0.4, -0.2) is 86.8 Å². The van der Waals surface area contributed by atoms with Crippen molar-refractivity contribution in [3.63, 3.8) is 0 Å². The molecular weight excluding hydrogens is 401 g/mol. The van der Waals surface area contributed by atoms with Gasteiger partial charge in [0.15, 0.2) is 0 Å². The molecule has 1 aliphatic rings. The van der Waals surface area contributed by atoms with Crippen LogP contribution in [0.15, 0.2) is 30.3 Å². The fourth-order valence-electron chi connectivity index (χ4n) is 3.25. The number of primary amides is 1. The molecule has 2 amide bonds. The van der Waals surface area contributed by atoms with Gasteiger partial charge in [0.25, 0.3) is 0 Å². The molecule has 1 aromatic carbocycles. The lowest BCUT2D eigenvalue weighted by Crippen LogP contribution is -2.50. The van der Waals surface area contributed by atoms with E-state index in [1.807, 2.05) is 35.2 Å². The normalized spacial score (nSPS) is 15.8. The Morgan fingerprint density at radius 1 is 1.07 bits per heavy atom. The van der Waals surface area contributed by atoms with E-state index in [1.54, 1.807) is 4.90 Å². The fourth-order valence-corrected chi connectivity index (χ4v) is 3.25. The minimum absolute atomic E-state index is 0.0735. The van der Waals surface area contributed by atoms with Crippen LogP contribution in [-0.2, 0) is 14.3 Å². The van der Waals surface area contributed by atoms with Gasteiger partial charge < -0.3 is 20.3 Å². The molecule has 30 heavy (non-hydrogen) atoms. The quantitative estimate of drug-likeness (QED) is 0.538. The summed E-state index contributed by atoms with van der Waals surface area (Å²) in [5, 5.41) is 0. The monoisotopic (exact) mass is 430 g/mol. The summed E-state index contributed by atoms with van der Waals surface area (Å²) < 4.78 is 40.8. The molecule has 1 saturated heterocycles. The molecule has 0 radical (unpaired) electrons. The maximum Gasteiger partial charge on any atom is 0.411 e. The molecule has 10 heteroatoms. The van der Waals surface area contributed by atoms with Gasteiger partial charge in [-0.3, -0.25) is 14.5 Å². The van der Waals surface area contributed by atoms with E-state index in [0.717, 1.165) is 18.8 Å². The third-order valence-electron chi connectivity index (χ3n) is 4.80. The van der Waals surface area contributed by atoms with E-state index < -0.39 is 18.7 Å². The number of carbonyl (C=O) groups excluding carboxylic acids is 2. The zero-order chi connectivity index (χ0) is 22.0. The molecule has 7 nitrogen and oxygen atoms in total. The van der Waals surface area contributed by atoms with Crippen molar-refractivity contribution in [2.24, 2.45) is 5.73 Å². The van der Waals surface area contributed by atoms with Crippen LogP contribution < -0.4 is 10.6 Å². The van der Waals surface area contributed by atoms with Crippen molar-refractivity contribution in [2.75, 3.05) is 63.9 Å². The van der Waals surface area contributed by atoms with Crippen LogP contribution in [0.1, 0.15) is 12.8 Å². The summed E-state index contributed by atoms with van der Waals surface area (Å²) in [7, 11) is 0. The van der Waals surface area contributed by atoms with Crippen molar-refractivity contribution in [3.8, 4) is 0 Å². The summed E-state index contributed by atoms with van der Waals surface area (Å²) in [6.45, 7) is 2.83. The molecule has 1 heterocycles. The molecule has 0 atom stereocenters. The van der Waals surface area contributed by atoms with Gasteiger partial charge in [-0.15, -0.1) is 0 Å². The predicted molar refractivity (Wildman–Crippen MR) is 107 cm³/mol. The van der Waals surface area contributed by atoms with Gasteiger partial charge in [0, 0.05) is 58.0 Å². The van der Waals surface area contributed by atoms with Gasteiger partial charge in [-0.2, -0.15) is 13.2 Å². The summed E-state index contributed by atoms with van der Waals surface area (Å²) in [4.78, 5) is 29.8. The van der Waals surface area contributed by atoms with Gasteiger partial charge in [0.2, 0.25) is 11.8 Å². The Labute approximate surface area is 174 Å². The van der Waals surface area contributed by atoms with Gasteiger partial charge in [-0.25, -0.2) is 0 Å². The van der Waals surface area contributed by atoms with Crippen LogP contribution in [0.4, 0.5) is 18.9 Å². The van der Waals surface area contributed by atoms with Gasteiger partial charge in [-0.1, -0.05) is 18.2 Å². The Balaban J connectivity index is 1.74. The number of benzene rings is 1. The van der Waals surface area contributed by atoms with E-state index in [1.165, 1.54) is 0 Å². The first-order valence-corrected chi connectivity index (χ1v) is 9.97. The summed E-state index contributed by atoms with van der Waals surface area (Å²) in [6, 6.07) is 9.15. The van der Waals surface area contributed by atoms with Crippen molar-refractivity contribution in [1.29, 1.82) is 0 Å². The Morgan fingerprint density at radius 3 is 2.30 bits per heavy atom. The number of para-hydroxylation sites is 1. The lowest BCUT2D eigenvalue weighted by molar-refractivity contribution is -0.174.